The van der Waals surface area contributed by atoms with Crippen molar-refractivity contribution >= 4 is 10.9 Å². The van der Waals surface area contributed by atoms with Crippen LogP contribution in [0.5, 0.6) is 0 Å². The molecular weight excluding hydrogens is 200 g/mol. The van der Waals surface area contributed by atoms with Gasteiger partial charge in [0.1, 0.15) is 6.07 Å². The van der Waals surface area contributed by atoms with Gasteiger partial charge >= 0.3 is 0 Å². The van der Waals surface area contributed by atoms with Gasteiger partial charge in [-0.1, -0.05) is 13.8 Å². The van der Waals surface area contributed by atoms with Gasteiger partial charge in [0.25, 0.3) is 0 Å². The number of hydrogen-bond acceptors (Lipinski definition) is 2. The molecular formula is C13H12N2O. The van der Waals surface area contributed by atoms with E-state index >= 15 is 0 Å². The third-order valence-corrected chi connectivity index (χ3v) is 2.64. The molecule has 0 aliphatic rings. The second-order valence-electron chi connectivity index (χ2n) is 4.12. The molecule has 0 amide bonds. The fourth-order valence-corrected chi connectivity index (χ4v) is 1.71. The Morgan fingerprint density at radius 1 is 1.31 bits per heavy atom. The van der Waals surface area contributed by atoms with Gasteiger partial charge in [-0.25, -0.2) is 0 Å². The van der Waals surface area contributed by atoms with Crippen LogP contribution < -0.4 is 5.56 Å². The van der Waals surface area contributed by atoms with E-state index in [4.69, 9.17) is 5.26 Å². The summed E-state index contributed by atoms with van der Waals surface area (Å²) in [6, 6.07) is 9.20. The van der Waals surface area contributed by atoms with Gasteiger partial charge in [-0.05, 0) is 35.1 Å². The van der Waals surface area contributed by atoms with Crippen LogP contribution in [-0.4, -0.2) is 4.98 Å². The van der Waals surface area contributed by atoms with Gasteiger partial charge in [0.2, 0.25) is 5.56 Å². The summed E-state index contributed by atoms with van der Waals surface area (Å²) in [5.74, 6) is 0.364. The summed E-state index contributed by atoms with van der Waals surface area (Å²) in [5, 5.41) is 9.97. The molecule has 2 aromatic rings. The quantitative estimate of drug-likeness (QED) is 0.789. The molecule has 0 saturated heterocycles. The maximum absolute atomic E-state index is 11.2. The van der Waals surface area contributed by atoms with E-state index in [9.17, 15) is 4.79 Å². The lowest BCUT2D eigenvalue weighted by atomic mass is 9.98. The van der Waals surface area contributed by atoms with E-state index in [1.807, 2.05) is 12.1 Å². The highest BCUT2D eigenvalue weighted by Crippen LogP contribution is 2.22. The zero-order valence-electron chi connectivity index (χ0n) is 9.24. The van der Waals surface area contributed by atoms with Gasteiger partial charge in [0.05, 0.1) is 11.1 Å². The third kappa shape index (κ3) is 1.70. The van der Waals surface area contributed by atoms with Crippen LogP contribution in [0.1, 0.15) is 30.9 Å². The number of nitriles is 1. The number of pyridine rings is 1. The van der Waals surface area contributed by atoms with Gasteiger partial charge in [0.15, 0.2) is 0 Å². The van der Waals surface area contributed by atoms with E-state index in [0.29, 0.717) is 17.0 Å². The van der Waals surface area contributed by atoms with E-state index in [0.717, 1.165) is 10.9 Å². The summed E-state index contributed by atoms with van der Waals surface area (Å²) in [4.78, 5) is 13.9. The van der Waals surface area contributed by atoms with Crippen molar-refractivity contribution in [2.75, 3.05) is 0 Å². The molecule has 0 fully saturated rings. The predicted octanol–water partition coefficient (Wildman–Crippen LogP) is 2.52. The van der Waals surface area contributed by atoms with Crippen molar-refractivity contribution in [2.45, 2.75) is 19.8 Å². The molecule has 1 heterocycles. The number of hydrogen-bond donors (Lipinski definition) is 1. The summed E-state index contributed by atoms with van der Waals surface area (Å²) in [6.45, 7) is 4.15. The molecule has 0 atom stereocenters. The normalized spacial score (nSPS) is 10.6. The maximum Gasteiger partial charge on any atom is 0.248 e. The minimum atomic E-state index is -0.179. The Bertz CT molecular complexity index is 632. The first-order valence-electron chi connectivity index (χ1n) is 5.19. The van der Waals surface area contributed by atoms with Crippen LogP contribution in [0.25, 0.3) is 10.9 Å². The number of aromatic nitrogens is 1. The lowest BCUT2D eigenvalue weighted by Crippen LogP contribution is -2.04. The van der Waals surface area contributed by atoms with Gasteiger partial charge in [0, 0.05) is 6.07 Å². The molecule has 2 rings (SSSR count). The minimum absolute atomic E-state index is 0.179. The average Bonchev–Trinajstić information content (AvgIpc) is 2.27. The molecule has 0 radical (unpaired) electrons. The first-order valence-corrected chi connectivity index (χ1v) is 5.19. The Labute approximate surface area is 93.3 Å². The lowest BCUT2D eigenvalue weighted by molar-refractivity contribution is 0.868. The molecule has 80 valence electrons. The number of rotatable bonds is 1. The number of H-pyrrole nitrogens is 1. The van der Waals surface area contributed by atoms with Crippen LogP contribution in [0.3, 0.4) is 0 Å². The topological polar surface area (TPSA) is 56.6 Å². The molecule has 0 aliphatic carbocycles. The van der Waals surface area contributed by atoms with Crippen molar-refractivity contribution in [1.29, 1.82) is 5.26 Å². The smallest absolute Gasteiger partial charge is 0.248 e. The van der Waals surface area contributed by atoms with Gasteiger partial charge in [-0.15, -0.1) is 0 Å². The Hall–Kier alpha value is -2.08. The van der Waals surface area contributed by atoms with Crippen LogP contribution in [0.2, 0.25) is 0 Å². The van der Waals surface area contributed by atoms with Gasteiger partial charge < -0.3 is 4.98 Å². The fourth-order valence-electron chi connectivity index (χ4n) is 1.71. The Balaban J connectivity index is 2.85. The van der Waals surface area contributed by atoms with Crippen molar-refractivity contribution in [3.05, 3.63) is 45.7 Å². The highest BCUT2D eigenvalue weighted by atomic mass is 16.1. The van der Waals surface area contributed by atoms with Crippen molar-refractivity contribution in [3.63, 3.8) is 0 Å². The van der Waals surface area contributed by atoms with Gasteiger partial charge in [-0.3, -0.25) is 4.79 Å². The van der Waals surface area contributed by atoms with Crippen LogP contribution in [-0.2, 0) is 0 Å². The molecule has 1 aromatic heterocycles. The molecule has 0 aliphatic heterocycles. The van der Waals surface area contributed by atoms with Crippen molar-refractivity contribution < 1.29 is 0 Å². The Morgan fingerprint density at radius 2 is 2.06 bits per heavy atom. The molecule has 3 heteroatoms. The number of fused-ring (bicyclic) bond motifs is 1. The zero-order chi connectivity index (χ0) is 11.7. The monoisotopic (exact) mass is 212 g/mol. The summed E-state index contributed by atoms with van der Waals surface area (Å²) in [5.41, 5.74) is 2.08. The van der Waals surface area contributed by atoms with Crippen LogP contribution in [0, 0.1) is 11.3 Å². The molecule has 16 heavy (non-hydrogen) atoms. The average molecular weight is 212 g/mol. The van der Waals surface area contributed by atoms with Crippen LogP contribution in [0.4, 0.5) is 0 Å². The van der Waals surface area contributed by atoms with E-state index in [2.05, 4.69) is 24.9 Å². The summed E-state index contributed by atoms with van der Waals surface area (Å²) in [7, 11) is 0. The standard InChI is InChI=1S/C13H12N2O/c1-8(2)10-5-9-3-4-12(16)15-13(9)11(6-10)7-14/h3-6,8H,1-2H3,(H,15,16). The largest absolute Gasteiger partial charge is 0.321 e. The SMILES string of the molecule is CC(C)c1cc(C#N)c2[nH]c(=O)ccc2c1. The van der Waals surface area contributed by atoms with Gasteiger partial charge in [-0.2, -0.15) is 5.26 Å². The van der Waals surface area contributed by atoms with E-state index in [-0.39, 0.29) is 5.56 Å². The van der Waals surface area contributed by atoms with Crippen molar-refractivity contribution in [3.8, 4) is 6.07 Å². The summed E-state index contributed by atoms with van der Waals surface area (Å²) < 4.78 is 0. The van der Waals surface area contributed by atoms with Crippen LogP contribution >= 0.6 is 0 Å². The lowest BCUT2D eigenvalue weighted by Gasteiger charge is -2.08. The van der Waals surface area contributed by atoms with E-state index in [1.165, 1.54) is 6.07 Å². The fraction of sp³-hybridized carbons (Fsp3) is 0.231. The summed E-state index contributed by atoms with van der Waals surface area (Å²) in [6.07, 6.45) is 0. The molecule has 0 spiro atoms. The van der Waals surface area contributed by atoms with Crippen molar-refractivity contribution in [1.82, 2.24) is 4.98 Å². The minimum Gasteiger partial charge on any atom is -0.321 e. The number of aromatic amines is 1. The highest BCUT2D eigenvalue weighted by molar-refractivity contribution is 5.84. The molecule has 0 bridgehead atoms. The Morgan fingerprint density at radius 3 is 2.69 bits per heavy atom. The Kier molecular flexibility index (Phi) is 2.49. The van der Waals surface area contributed by atoms with E-state index in [1.54, 1.807) is 6.07 Å². The first kappa shape index (κ1) is 10.4. The van der Waals surface area contributed by atoms with Crippen LogP contribution in [0.15, 0.2) is 29.1 Å². The highest BCUT2D eigenvalue weighted by Gasteiger charge is 2.06. The molecule has 0 unspecified atom stereocenters. The zero-order valence-corrected chi connectivity index (χ0v) is 9.24. The predicted molar refractivity (Wildman–Crippen MR) is 63.4 cm³/mol. The molecule has 1 aromatic carbocycles. The molecule has 0 saturated carbocycles. The first-order chi connectivity index (χ1) is 7.61. The molecule has 1 N–H and O–H groups in total. The van der Waals surface area contributed by atoms with E-state index < -0.39 is 0 Å². The summed E-state index contributed by atoms with van der Waals surface area (Å²) >= 11 is 0. The number of nitrogens with one attached hydrogen (secondary N) is 1. The second-order valence-corrected chi connectivity index (χ2v) is 4.12. The number of nitrogens with zero attached hydrogens (tertiary/aromatic N) is 1. The second kappa shape index (κ2) is 3.82. The van der Waals surface area contributed by atoms with Crippen molar-refractivity contribution in [2.24, 2.45) is 0 Å². The third-order valence-electron chi connectivity index (χ3n) is 2.64. The molecule has 3 nitrogen and oxygen atoms in total. The number of benzene rings is 1. The maximum atomic E-state index is 11.2.